The molecule has 3 heterocycles. The van der Waals surface area contributed by atoms with Gasteiger partial charge in [0.25, 0.3) is 11.1 Å². The molecular weight excluding hydrogens is 405 g/mol. The lowest BCUT2D eigenvalue weighted by molar-refractivity contribution is 0.0586. The van der Waals surface area contributed by atoms with Crippen molar-refractivity contribution in [1.29, 1.82) is 0 Å². The van der Waals surface area contributed by atoms with E-state index in [0.717, 1.165) is 10.3 Å². The van der Waals surface area contributed by atoms with E-state index in [2.05, 4.69) is 10.1 Å². The topological polar surface area (TPSA) is 68.5 Å². The summed E-state index contributed by atoms with van der Waals surface area (Å²) in [5, 5.41) is 4.41. The first-order chi connectivity index (χ1) is 14.7. The molecule has 5 rings (SSSR count). The van der Waals surface area contributed by atoms with Crippen LogP contribution in [0, 0.1) is 5.82 Å². The highest BCUT2D eigenvalue weighted by atomic mass is 32.1. The number of nitrogens with zero attached hydrogens (tertiary/aromatic N) is 3. The molecule has 1 fully saturated rings. The van der Waals surface area contributed by atoms with Gasteiger partial charge in [0, 0.05) is 37.6 Å². The van der Waals surface area contributed by atoms with Gasteiger partial charge in [-0.25, -0.2) is 4.39 Å². The van der Waals surface area contributed by atoms with Crippen LogP contribution < -0.4 is 4.74 Å². The monoisotopic (exact) mass is 423 g/mol. The maximum absolute atomic E-state index is 13.8. The van der Waals surface area contributed by atoms with Crippen LogP contribution in [-0.4, -0.2) is 40.1 Å². The molecule has 0 N–H and O–H groups in total. The van der Waals surface area contributed by atoms with Gasteiger partial charge in [0.1, 0.15) is 17.4 Å². The number of aromatic nitrogens is 2. The Morgan fingerprint density at radius 2 is 1.93 bits per heavy atom. The van der Waals surface area contributed by atoms with E-state index in [1.54, 1.807) is 17.0 Å². The summed E-state index contributed by atoms with van der Waals surface area (Å²) in [6, 6.07) is 16.1. The van der Waals surface area contributed by atoms with Crippen LogP contribution >= 0.6 is 11.3 Å². The molecule has 1 saturated heterocycles. The van der Waals surface area contributed by atoms with Gasteiger partial charge in [0.05, 0.1) is 4.70 Å². The Morgan fingerprint density at radius 3 is 2.70 bits per heavy atom. The third-order valence-electron chi connectivity index (χ3n) is 5.13. The largest absolute Gasteiger partial charge is 0.467 e. The van der Waals surface area contributed by atoms with Gasteiger partial charge in [-0.05, 0) is 12.1 Å². The molecule has 2 aromatic heterocycles. The molecule has 6 nitrogen and oxygen atoms in total. The van der Waals surface area contributed by atoms with Crippen LogP contribution in [0.25, 0.3) is 21.5 Å². The van der Waals surface area contributed by atoms with Crippen molar-refractivity contribution in [2.45, 2.75) is 18.9 Å². The van der Waals surface area contributed by atoms with Gasteiger partial charge < -0.3 is 14.2 Å². The Bertz CT molecular complexity index is 1180. The number of amides is 1. The van der Waals surface area contributed by atoms with Crippen molar-refractivity contribution in [3.63, 3.8) is 0 Å². The molecule has 0 saturated carbocycles. The molecule has 0 bridgehead atoms. The van der Waals surface area contributed by atoms with E-state index < -0.39 is 0 Å². The smallest absolute Gasteiger partial charge is 0.276 e. The first kappa shape index (κ1) is 18.7. The molecule has 1 amide bonds. The molecule has 2 aromatic carbocycles. The summed E-state index contributed by atoms with van der Waals surface area (Å²) in [6.07, 6.45) is 1.29. The Kier molecular flexibility index (Phi) is 4.92. The summed E-state index contributed by atoms with van der Waals surface area (Å²) < 4.78 is 25.9. The third-order valence-corrected chi connectivity index (χ3v) is 6.05. The highest BCUT2D eigenvalue weighted by Gasteiger charge is 2.27. The fourth-order valence-corrected chi connectivity index (χ4v) is 4.44. The van der Waals surface area contributed by atoms with E-state index in [9.17, 15) is 9.18 Å². The van der Waals surface area contributed by atoms with E-state index in [1.807, 2.05) is 36.4 Å². The molecule has 0 aliphatic carbocycles. The van der Waals surface area contributed by atoms with E-state index in [4.69, 9.17) is 9.26 Å². The average molecular weight is 423 g/mol. The van der Waals surface area contributed by atoms with Crippen LogP contribution in [0.1, 0.15) is 23.3 Å². The number of carbonyl (C=O) groups excluding carboxylic acids is 1. The molecule has 1 aliphatic heterocycles. The van der Waals surface area contributed by atoms with Crippen LogP contribution in [0.3, 0.4) is 0 Å². The molecule has 0 atom stereocenters. The van der Waals surface area contributed by atoms with Gasteiger partial charge in [0.2, 0.25) is 0 Å². The zero-order valence-corrected chi connectivity index (χ0v) is 16.8. The highest BCUT2D eigenvalue weighted by Crippen LogP contribution is 2.31. The van der Waals surface area contributed by atoms with Crippen molar-refractivity contribution in [3.05, 3.63) is 66.1 Å². The minimum absolute atomic E-state index is 0.0603. The molecule has 8 heteroatoms. The maximum Gasteiger partial charge on any atom is 0.276 e. The number of hydrogen-bond donors (Lipinski definition) is 0. The van der Waals surface area contributed by atoms with Crippen molar-refractivity contribution in [1.82, 2.24) is 15.0 Å². The molecule has 152 valence electrons. The minimum Gasteiger partial charge on any atom is -0.467 e. The second kappa shape index (κ2) is 7.87. The summed E-state index contributed by atoms with van der Waals surface area (Å²) in [5.41, 5.74) is 1.52. The Labute approximate surface area is 175 Å². The van der Waals surface area contributed by atoms with Crippen LogP contribution in [0.2, 0.25) is 0 Å². The van der Waals surface area contributed by atoms with Gasteiger partial charge in [-0.2, -0.15) is 4.98 Å². The summed E-state index contributed by atoms with van der Waals surface area (Å²) in [7, 11) is 0. The fourth-order valence-electron chi connectivity index (χ4n) is 3.54. The van der Waals surface area contributed by atoms with Crippen molar-refractivity contribution in [2.75, 3.05) is 13.1 Å². The molecule has 1 aliphatic rings. The number of ether oxygens (including phenoxy) is 1. The quantitative estimate of drug-likeness (QED) is 0.473. The van der Waals surface area contributed by atoms with Crippen molar-refractivity contribution >= 4 is 27.5 Å². The minimum atomic E-state index is -0.346. The lowest BCUT2D eigenvalue weighted by Gasteiger charge is -2.31. The van der Waals surface area contributed by atoms with Crippen LogP contribution in [0.15, 0.2) is 59.1 Å². The second-order valence-electron chi connectivity index (χ2n) is 7.12. The number of fused-ring (bicyclic) bond motifs is 1. The zero-order valence-electron chi connectivity index (χ0n) is 16.0. The van der Waals surface area contributed by atoms with E-state index in [-0.39, 0.29) is 17.8 Å². The van der Waals surface area contributed by atoms with Crippen LogP contribution in [-0.2, 0) is 0 Å². The van der Waals surface area contributed by atoms with E-state index in [0.29, 0.717) is 48.1 Å². The van der Waals surface area contributed by atoms with Gasteiger partial charge in [-0.15, -0.1) is 0 Å². The SMILES string of the molecule is O=C(c1cc(-c2ccccc2)on1)N1CCC(Oc2nc3c(F)cccc3s2)CC1. The lowest BCUT2D eigenvalue weighted by Crippen LogP contribution is -2.41. The summed E-state index contributed by atoms with van der Waals surface area (Å²) >= 11 is 1.33. The first-order valence-electron chi connectivity index (χ1n) is 9.70. The summed E-state index contributed by atoms with van der Waals surface area (Å²) in [5.74, 6) is 0.0724. The van der Waals surface area contributed by atoms with Crippen LogP contribution in [0.5, 0.6) is 5.19 Å². The Hall–Kier alpha value is -3.26. The number of hydrogen-bond acceptors (Lipinski definition) is 6. The fraction of sp³-hybridized carbons (Fsp3) is 0.227. The highest BCUT2D eigenvalue weighted by molar-refractivity contribution is 7.20. The number of likely N-dealkylation sites (tertiary alicyclic amines) is 1. The van der Waals surface area contributed by atoms with Crippen molar-refractivity contribution in [3.8, 4) is 16.5 Å². The predicted octanol–water partition coefficient (Wildman–Crippen LogP) is 4.77. The Morgan fingerprint density at radius 1 is 1.13 bits per heavy atom. The van der Waals surface area contributed by atoms with E-state index in [1.165, 1.54) is 17.4 Å². The predicted molar refractivity (Wildman–Crippen MR) is 111 cm³/mol. The second-order valence-corrected chi connectivity index (χ2v) is 8.11. The average Bonchev–Trinajstić information content (AvgIpc) is 3.42. The molecule has 0 radical (unpaired) electrons. The summed E-state index contributed by atoms with van der Waals surface area (Å²) in [6.45, 7) is 1.10. The summed E-state index contributed by atoms with van der Waals surface area (Å²) in [4.78, 5) is 18.8. The number of rotatable bonds is 4. The number of piperidine rings is 1. The molecular formula is C22H18FN3O3S. The number of thiazole rings is 1. The number of halogens is 1. The molecule has 0 unspecified atom stereocenters. The molecule has 30 heavy (non-hydrogen) atoms. The van der Waals surface area contributed by atoms with Crippen LogP contribution in [0.4, 0.5) is 4.39 Å². The lowest BCUT2D eigenvalue weighted by atomic mass is 10.1. The zero-order chi connectivity index (χ0) is 20.5. The number of carbonyl (C=O) groups is 1. The Balaban J connectivity index is 1.21. The first-order valence-corrected chi connectivity index (χ1v) is 10.5. The third kappa shape index (κ3) is 3.66. The number of para-hydroxylation sites is 1. The normalized spacial score (nSPS) is 14.9. The standard InChI is InChI=1S/C22H18FN3O3S/c23-16-7-4-8-19-20(16)24-22(30-19)28-15-9-11-26(12-10-15)21(27)17-13-18(29-25-17)14-5-2-1-3-6-14/h1-8,13,15H,9-12H2. The molecule has 0 spiro atoms. The van der Waals surface area contributed by atoms with Gasteiger partial charge in [-0.1, -0.05) is 52.9 Å². The molecule has 4 aromatic rings. The van der Waals surface area contributed by atoms with Crippen molar-refractivity contribution < 1.29 is 18.4 Å². The van der Waals surface area contributed by atoms with Gasteiger partial charge >= 0.3 is 0 Å². The van der Waals surface area contributed by atoms with Gasteiger partial charge in [-0.3, -0.25) is 4.79 Å². The van der Waals surface area contributed by atoms with E-state index >= 15 is 0 Å². The maximum atomic E-state index is 13.8. The van der Waals surface area contributed by atoms with Gasteiger partial charge in [0.15, 0.2) is 11.5 Å². The number of benzene rings is 2. The van der Waals surface area contributed by atoms with Crippen molar-refractivity contribution in [2.24, 2.45) is 0 Å².